The molecular formula is C10H10BBrF4N2O2. The molecule has 0 atom stereocenters. The molecule has 0 N–H and O–H groups in total. The highest BCUT2D eigenvalue weighted by Gasteiger charge is 2.21. The van der Waals surface area contributed by atoms with Gasteiger partial charge in [-0.1, -0.05) is 6.92 Å². The molecule has 0 amide bonds. The highest BCUT2D eigenvalue weighted by Crippen LogP contribution is 2.29. The number of carbonyl (C=O) groups excluding carboxylic acids is 1. The molecule has 0 heterocycles. The number of ether oxygens (including phenoxy) is 1. The van der Waals surface area contributed by atoms with Crippen molar-refractivity contribution in [3.05, 3.63) is 32.7 Å². The van der Waals surface area contributed by atoms with Gasteiger partial charge in [0.15, 0.2) is 4.98 Å². The lowest BCUT2D eigenvalue weighted by Crippen LogP contribution is -2.05. The molecule has 0 aliphatic rings. The first-order valence-electron chi connectivity index (χ1n) is 5.27. The standard InChI is InChI=1S/C10H10BrN2O2.BF4/c1-3-6-4-8(11)9(13-12)5-7(6)10(14)15-2;2-1(3,4)5/h4-5H,3H2,1-2H3;/q+1;-1. The maximum Gasteiger partial charge on any atom is 0.673 e. The zero-order chi connectivity index (χ0) is 15.9. The number of nitrogens with zero attached hydrogens (tertiary/aromatic N) is 2. The molecular weight excluding hydrogens is 347 g/mol. The maximum absolute atomic E-state index is 11.4. The van der Waals surface area contributed by atoms with E-state index < -0.39 is 13.2 Å². The molecule has 0 fully saturated rings. The summed E-state index contributed by atoms with van der Waals surface area (Å²) in [6.07, 6.45) is 0.703. The predicted octanol–water partition coefficient (Wildman–Crippen LogP) is 4.58. The zero-order valence-electron chi connectivity index (χ0n) is 10.5. The van der Waals surface area contributed by atoms with Crippen LogP contribution in [0.3, 0.4) is 0 Å². The summed E-state index contributed by atoms with van der Waals surface area (Å²) in [5.41, 5.74) is 1.59. The SMILES string of the molecule is CCc1cc(Br)c([N+]#N)cc1C(=O)OC.F[B-](F)(F)F. The first kappa shape index (κ1) is 18.4. The van der Waals surface area contributed by atoms with Crippen molar-refractivity contribution in [3.63, 3.8) is 0 Å². The number of methoxy groups -OCH3 is 1. The van der Waals surface area contributed by atoms with Gasteiger partial charge in [-0.25, -0.2) is 4.79 Å². The average Bonchev–Trinajstić information content (AvgIpc) is 2.35. The molecule has 0 aliphatic carbocycles. The molecule has 1 aromatic carbocycles. The Bertz CT molecular complexity index is 525. The van der Waals surface area contributed by atoms with E-state index in [4.69, 9.17) is 5.39 Å². The number of halogens is 5. The minimum Gasteiger partial charge on any atom is -0.465 e. The fraction of sp³-hybridized carbons (Fsp3) is 0.300. The van der Waals surface area contributed by atoms with E-state index in [0.29, 0.717) is 22.1 Å². The third kappa shape index (κ3) is 6.52. The minimum absolute atomic E-state index is 0.313. The molecule has 0 aromatic heterocycles. The van der Waals surface area contributed by atoms with Gasteiger partial charge in [0.05, 0.1) is 12.7 Å². The molecule has 0 saturated carbocycles. The Balaban J connectivity index is 0.000000621. The zero-order valence-corrected chi connectivity index (χ0v) is 12.1. The van der Waals surface area contributed by atoms with E-state index in [-0.39, 0.29) is 0 Å². The van der Waals surface area contributed by atoms with Crippen LogP contribution < -0.4 is 0 Å². The number of benzene rings is 1. The van der Waals surface area contributed by atoms with Crippen LogP contribution >= 0.6 is 15.9 Å². The summed E-state index contributed by atoms with van der Waals surface area (Å²) in [5, 5.41) is 8.70. The molecule has 0 aliphatic heterocycles. The van der Waals surface area contributed by atoms with Crippen LogP contribution in [-0.2, 0) is 11.2 Å². The van der Waals surface area contributed by atoms with Crippen LogP contribution in [0.5, 0.6) is 0 Å². The van der Waals surface area contributed by atoms with Crippen LogP contribution in [0, 0.1) is 5.39 Å². The van der Waals surface area contributed by atoms with Gasteiger partial charge in [0.2, 0.25) is 5.39 Å². The molecule has 20 heavy (non-hydrogen) atoms. The van der Waals surface area contributed by atoms with E-state index in [0.717, 1.165) is 5.56 Å². The van der Waals surface area contributed by atoms with Gasteiger partial charge in [0.1, 0.15) is 4.47 Å². The van der Waals surface area contributed by atoms with Crippen LogP contribution in [0.25, 0.3) is 4.98 Å². The Hall–Kier alpha value is -1.63. The van der Waals surface area contributed by atoms with E-state index in [2.05, 4.69) is 25.6 Å². The number of carbonyl (C=O) groups is 1. The number of hydrogen-bond acceptors (Lipinski definition) is 3. The normalized spacial score (nSPS) is 10.1. The van der Waals surface area contributed by atoms with Crippen LogP contribution in [0.4, 0.5) is 23.0 Å². The number of esters is 1. The summed E-state index contributed by atoms with van der Waals surface area (Å²) < 4.78 is 44.3. The summed E-state index contributed by atoms with van der Waals surface area (Å²) in [4.78, 5) is 14.5. The molecule has 0 saturated heterocycles. The van der Waals surface area contributed by atoms with Gasteiger partial charge in [-0.15, -0.1) is 0 Å². The highest BCUT2D eigenvalue weighted by atomic mass is 79.9. The van der Waals surface area contributed by atoms with Crippen molar-refractivity contribution < 1.29 is 26.8 Å². The molecule has 1 rings (SSSR count). The van der Waals surface area contributed by atoms with Crippen molar-refractivity contribution >= 4 is 34.8 Å². The number of aryl methyl sites for hydroxylation is 1. The Kier molecular flexibility index (Phi) is 7.20. The highest BCUT2D eigenvalue weighted by molar-refractivity contribution is 9.10. The Morgan fingerprint density at radius 3 is 2.25 bits per heavy atom. The lowest BCUT2D eigenvalue weighted by molar-refractivity contribution is 0.0599. The summed E-state index contributed by atoms with van der Waals surface area (Å²) >= 11 is 3.25. The molecule has 0 bridgehead atoms. The number of rotatable bonds is 2. The monoisotopic (exact) mass is 356 g/mol. The Morgan fingerprint density at radius 2 is 1.90 bits per heavy atom. The second-order valence-electron chi connectivity index (χ2n) is 3.40. The summed E-state index contributed by atoms with van der Waals surface area (Å²) in [6.45, 7) is 1.93. The van der Waals surface area contributed by atoms with Gasteiger partial charge in [-0.3, -0.25) is 0 Å². The lowest BCUT2D eigenvalue weighted by atomic mass is 10.0. The molecule has 0 unspecified atom stereocenters. The van der Waals surface area contributed by atoms with Crippen LogP contribution in [0.2, 0.25) is 0 Å². The largest absolute Gasteiger partial charge is 0.673 e. The number of hydrogen-bond donors (Lipinski definition) is 0. The van der Waals surface area contributed by atoms with E-state index in [1.165, 1.54) is 13.2 Å². The third-order valence-corrected chi connectivity index (χ3v) is 2.70. The van der Waals surface area contributed by atoms with E-state index in [1.54, 1.807) is 6.07 Å². The van der Waals surface area contributed by atoms with Crippen molar-refractivity contribution in [1.82, 2.24) is 0 Å². The third-order valence-electron chi connectivity index (χ3n) is 2.07. The smallest absolute Gasteiger partial charge is 0.465 e. The summed E-state index contributed by atoms with van der Waals surface area (Å²) in [5.74, 6) is -0.427. The van der Waals surface area contributed by atoms with Gasteiger partial charge < -0.3 is 22.0 Å². The van der Waals surface area contributed by atoms with Gasteiger partial charge in [0, 0.05) is 6.07 Å². The topological polar surface area (TPSA) is 54.5 Å². The van der Waals surface area contributed by atoms with E-state index >= 15 is 0 Å². The predicted molar refractivity (Wildman–Crippen MR) is 69.8 cm³/mol. The van der Waals surface area contributed by atoms with Crippen LogP contribution in [0.15, 0.2) is 16.6 Å². The van der Waals surface area contributed by atoms with Gasteiger partial charge in [-0.05, 0) is 34.0 Å². The number of diazo groups is 1. The summed E-state index contributed by atoms with van der Waals surface area (Å²) in [7, 11) is -4.68. The fourth-order valence-electron chi connectivity index (χ4n) is 1.27. The Labute approximate surface area is 121 Å². The first-order chi connectivity index (χ1) is 9.13. The van der Waals surface area contributed by atoms with E-state index in [9.17, 15) is 22.1 Å². The van der Waals surface area contributed by atoms with Crippen LogP contribution in [0.1, 0.15) is 22.8 Å². The molecule has 10 heteroatoms. The van der Waals surface area contributed by atoms with Gasteiger partial charge in [0.25, 0.3) is 0 Å². The quantitative estimate of drug-likeness (QED) is 0.337. The van der Waals surface area contributed by atoms with Crippen molar-refractivity contribution in [2.45, 2.75) is 13.3 Å². The van der Waals surface area contributed by atoms with Crippen molar-refractivity contribution in [2.24, 2.45) is 0 Å². The van der Waals surface area contributed by atoms with Crippen LogP contribution in [-0.4, -0.2) is 20.3 Å². The average molecular weight is 357 g/mol. The Morgan fingerprint density at radius 1 is 1.40 bits per heavy atom. The minimum atomic E-state index is -6.00. The molecule has 0 spiro atoms. The maximum atomic E-state index is 11.4. The fourth-order valence-corrected chi connectivity index (χ4v) is 1.74. The van der Waals surface area contributed by atoms with Gasteiger partial charge >= 0.3 is 18.9 Å². The molecule has 4 nitrogen and oxygen atoms in total. The molecule has 110 valence electrons. The lowest BCUT2D eigenvalue weighted by Gasteiger charge is -2.04. The van der Waals surface area contributed by atoms with Gasteiger partial charge in [-0.2, -0.15) is 0 Å². The second kappa shape index (κ2) is 7.84. The van der Waals surface area contributed by atoms with Crippen molar-refractivity contribution in [1.29, 1.82) is 5.39 Å². The first-order valence-corrected chi connectivity index (χ1v) is 6.06. The van der Waals surface area contributed by atoms with Crippen molar-refractivity contribution in [3.8, 4) is 0 Å². The molecule has 0 radical (unpaired) electrons. The van der Waals surface area contributed by atoms with Crippen molar-refractivity contribution in [2.75, 3.05) is 7.11 Å². The van der Waals surface area contributed by atoms with E-state index in [1.807, 2.05) is 6.92 Å². The second-order valence-corrected chi connectivity index (χ2v) is 4.26. The summed E-state index contributed by atoms with van der Waals surface area (Å²) in [6, 6.07) is 3.25. The molecule has 1 aromatic rings.